The van der Waals surface area contributed by atoms with Gasteiger partial charge in [0, 0.05) is 12.0 Å². The van der Waals surface area contributed by atoms with E-state index in [-0.39, 0.29) is 6.42 Å². The topological polar surface area (TPSA) is 72.5 Å². The van der Waals surface area contributed by atoms with Crippen LogP contribution in [0.5, 0.6) is 5.75 Å². The first-order valence-electron chi connectivity index (χ1n) is 7.75. The molecule has 0 fully saturated rings. The molecule has 0 heterocycles. The van der Waals surface area contributed by atoms with E-state index in [0.717, 1.165) is 41.3 Å². The molecule has 0 saturated carbocycles. The Balaban J connectivity index is 2.30. The average Bonchev–Trinajstić information content (AvgIpc) is 2.53. The number of carboxylic acids is 1. The van der Waals surface area contributed by atoms with Gasteiger partial charge in [-0.15, -0.1) is 0 Å². The molecule has 3 N–H and O–H groups in total. The van der Waals surface area contributed by atoms with Gasteiger partial charge in [0.25, 0.3) is 0 Å². The van der Waals surface area contributed by atoms with Crippen LogP contribution in [0.15, 0.2) is 36.4 Å². The van der Waals surface area contributed by atoms with Gasteiger partial charge in [-0.1, -0.05) is 50.1 Å². The van der Waals surface area contributed by atoms with Gasteiger partial charge in [0.05, 0.1) is 6.61 Å². The number of benzene rings is 2. The molecule has 1 atom stereocenters. The highest BCUT2D eigenvalue weighted by atomic mass is 16.5. The van der Waals surface area contributed by atoms with E-state index in [1.54, 1.807) is 0 Å². The van der Waals surface area contributed by atoms with Gasteiger partial charge in [-0.25, -0.2) is 0 Å². The van der Waals surface area contributed by atoms with E-state index in [9.17, 15) is 4.79 Å². The largest absolute Gasteiger partial charge is 0.493 e. The highest BCUT2D eigenvalue weighted by Gasteiger charge is 2.17. The maximum absolute atomic E-state index is 11.1. The van der Waals surface area contributed by atoms with E-state index in [2.05, 4.69) is 6.92 Å². The lowest BCUT2D eigenvalue weighted by Gasteiger charge is -2.16. The van der Waals surface area contributed by atoms with Crippen molar-refractivity contribution in [2.45, 2.75) is 38.6 Å². The zero-order valence-corrected chi connectivity index (χ0v) is 12.9. The smallest absolute Gasteiger partial charge is 0.320 e. The van der Waals surface area contributed by atoms with Crippen molar-refractivity contribution in [2.24, 2.45) is 5.73 Å². The molecular formula is C18H23NO3. The Morgan fingerprint density at radius 1 is 1.23 bits per heavy atom. The molecular weight excluding hydrogens is 278 g/mol. The lowest BCUT2D eigenvalue weighted by Crippen LogP contribution is -2.32. The van der Waals surface area contributed by atoms with Crippen LogP contribution in [-0.2, 0) is 11.2 Å². The van der Waals surface area contributed by atoms with Crippen LogP contribution in [-0.4, -0.2) is 23.7 Å². The van der Waals surface area contributed by atoms with Crippen molar-refractivity contribution in [3.63, 3.8) is 0 Å². The molecule has 2 aromatic carbocycles. The molecule has 0 aromatic heterocycles. The summed E-state index contributed by atoms with van der Waals surface area (Å²) in [5, 5.41) is 11.2. The van der Waals surface area contributed by atoms with Gasteiger partial charge in [-0.3, -0.25) is 4.79 Å². The van der Waals surface area contributed by atoms with E-state index < -0.39 is 12.0 Å². The number of hydrogen-bond acceptors (Lipinski definition) is 3. The maximum atomic E-state index is 11.1. The standard InChI is InChI=1S/C18H23NO3/c1-2-3-6-11-22-17-10-9-13-7-4-5-8-14(13)15(17)12-16(19)18(20)21/h4-5,7-10,16H,2-3,6,11-12,19H2,1H3,(H,20,21). The van der Waals surface area contributed by atoms with E-state index in [4.69, 9.17) is 15.6 Å². The summed E-state index contributed by atoms with van der Waals surface area (Å²) < 4.78 is 5.88. The van der Waals surface area contributed by atoms with Crippen LogP contribution in [0.25, 0.3) is 10.8 Å². The molecule has 118 valence electrons. The second-order valence-corrected chi connectivity index (χ2v) is 5.47. The molecule has 0 radical (unpaired) electrons. The van der Waals surface area contributed by atoms with Gasteiger partial charge < -0.3 is 15.6 Å². The van der Waals surface area contributed by atoms with Crippen molar-refractivity contribution < 1.29 is 14.6 Å². The third-order valence-corrected chi connectivity index (χ3v) is 3.74. The molecule has 1 unspecified atom stereocenters. The second-order valence-electron chi connectivity index (χ2n) is 5.47. The van der Waals surface area contributed by atoms with Crippen LogP contribution in [0, 0.1) is 0 Å². The summed E-state index contributed by atoms with van der Waals surface area (Å²) in [6, 6.07) is 10.9. The molecule has 2 rings (SSSR count). The van der Waals surface area contributed by atoms with Gasteiger partial charge >= 0.3 is 5.97 Å². The summed E-state index contributed by atoms with van der Waals surface area (Å²) in [7, 11) is 0. The first kappa shape index (κ1) is 16.3. The van der Waals surface area contributed by atoms with Crippen LogP contribution >= 0.6 is 0 Å². The number of rotatable bonds is 8. The predicted octanol–water partition coefficient (Wildman–Crippen LogP) is 3.36. The number of carbonyl (C=O) groups is 1. The quantitative estimate of drug-likeness (QED) is 0.733. The van der Waals surface area contributed by atoms with E-state index in [1.165, 1.54) is 0 Å². The summed E-state index contributed by atoms with van der Waals surface area (Å²) >= 11 is 0. The lowest BCUT2D eigenvalue weighted by atomic mass is 9.98. The molecule has 0 aliphatic carbocycles. The van der Waals surface area contributed by atoms with Gasteiger partial charge in [-0.2, -0.15) is 0 Å². The van der Waals surface area contributed by atoms with Gasteiger partial charge in [0.1, 0.15) is 11.8 Å². The highest BCUT2D eigenvalue weighted by molar-refractivity contribution is 5.88. The number of aliphatic carboxylic acids is 1. The number of fused-ring (bicyclic) bond motifs is 1. The average molecular weight is 301 g/mol. The van der Waals surface area contributed by atoms with Crippen molar-refractivity contribution in [2.75, 3.05) is 6.61 Å². The molecule has 4 heteroatoms. The molecule has 22 heavy (non-hydrogen) atoms. The fraction of sp³-hybridized carbons (Fsp3) is 0.389. The minimum atomic E-state index is -0.995. The summed E-state index contributed by atoms with van der Waals surface area (Å²) in [6.07, 6.45) is 3.52. The van der Waals surface area contributed by atoms with Crippen molar-refractivity contribution in [1.29, 1.82) is 0 Å². The zero-order valence-electron chi connectivity index (χ0n) is 12.9. The summed E-state index contributed by atoms with van der Waals surface area (Å²) in [4.78, 5) is 11.1. The summed E-state index contributed by atoms with van der Waals surface area (Å²) in [5.74, 6) is -0.253. The molecule has 0 saturated heterocycles. The molecule has 4 nitrogen and oxygen atoms in total. The van der Waals surface area contributed by atoms with E-state index in [1.807, 2.05) is 36.4 Å². The van der Waals surface area contributed by atoms with Gasteiger partial charge in [0.2, 0.25) is 0 Å². The fourth-order valence-electron chi connectivity index (χ4n) is 2.50. The summed E-state index contributed by atoms with van der Waals surface area (Å²) in [6.45, 7) is 2.79. The molecule has 0 aliphatic rings. The normalized spacial score (nSPS) is 12.3. The third kappa shape index (κ3) is 3.98. The summed E-state index contributed by atoms with van der Waals surface area (Å²) in [5.41, 5.74) is 6.61. The Labute approximate surface area is 130 Å². The Morgan fingerprint density at radius 3 is 2.73 bits per heavy atom. The predicted molar refractivity (Wildman–Crippen MR) is 88.3 cm³/mol. The maximum Gasteiger partial charge on any atom is 0.320 e. The number of nitrogens with two attached hydrogens (primary N) is 1. The molecule has 0 bridgehead atoms. The van der Waals surface area contributed by atoms with Crippen LogP contribution in [0.1, 0.15) is 31.7 Å². The van der Waals surface area contributed by atoms with Crippen molar-refractivity contribution >= 4 is 16.7 Å². The van der Waals surface area contributed by atoms with Crippen molar-refractivity contribution in [3.8, 4) is 5.75 Å². The van der Waals surface area contributed by atoms with Crippen LogP contribution in [0.2, 0.25) is 0 Å². The number of ether oxygens (including phenoxy) is 1. The van der Waals surface area contributed by atoms with Crippen LogP contribution < -0.4 is 10.5 Å². The number of unbranched alkanes of at least 4 members (excludes halogenated alkanes) is 2. The number of carboxylic acid groups (broad SMARTS) is 1. The van der Waals surface area contributed by atoms with Gasteiger partial charge in [-0.05, 0) is 23.3 Å². The second kappa shape index (κ2) is 7.80. The Bertz CT molecular complexity index is 639. The zero-order chi connectivity index (χ0) is 15.9. The van der Waals surface area contributed by atoms with Crippen molar-refractivity contribution in [3.05, 3.63) is 42.0 Å². The van der Waals surface area contributed by atoms with Gasteiger partial charge in [0.15, 0.2) is 0 Å². The highest BCUT2D eigenvalue weighted by Crippen LogP contribution is 2.29. The van der Waals surface area contributed by atoms with E-state index in [0.29, 0.717) is 6.61 Å². The minimum Gasteiger partial charge on any atom is -0.493 e. The minimum absolute atomic E-state index is 0.264. The molecule has 0 spiro atoms. The van der Waals surface area contributed by atoms with Crippen molar-refractivity contribution in [1.82, 2.24) is 0 Å². The first-order valence-corrected chi connectivity index (χ1v) is 7.75. The Morgan fingerprint density at radius 2 is 2.00 bits per heavy atom. The molecule has 0 amide bonds. The van der Waals surface area contributed by atoms with Crippen LogP contribution in [0.3, 0.4) is 0 Å². The van der Waals surface area contributed by atoms with E-state index >= 15 is 0 Å². The molecule has 0 aliphatic heterocycles. The first-order chi connectivity index (χ1) is 10.6. The fourth-order valence-corrected chi connectivity index (χ4v) is 2.50. The molecule has 2 aromatic rings. The third-order valence-electron chi connectivity index (χ3n) is 3.74. The van der Waals surface area contributed by atoms with Crippen LogP contribution in [0.4, 0.5) is 0 Å². The Hall–Kier alpha value is -2.07. The monoisotopic (exact) mass is 301 g/mol. The Kier molecular flexibility index (Phi) is 5.78. The lowest BCUT2D eigenvalue weighted by molar-refractivity contribution is -0.138. The SMILES string of the molecule is CCCCCOc1ccc2ccccc2c1CC(N)C(=O)O. The number of hydrogen-bond donors (Lipinski definition) is 2.